The number of hydrogen-bond acceptors (Lipinski definition) is 9. The van der Waals surface area contributed by atoms with E-state index in [2.05, 4.69) is 12.1 Å². The normalized spacial score (nSPS) is 16.4. The first kappa shape index (κ1) is 32.4. The average molecular weight is 655 g/mol. The Morgan fingerprint density at radius 1 is 0.375 bits per heavy atom. The maximum Gasteiger partial charge on any atom is 0.126 e. The molecule has 0 spiro atoms. The van der Waals surface area contributed by atoms with Crippen LogP contribution in [0, 0.1) is 0 Å². The first-order valence-corrected chi connectivity index (χ1v) is 16.7. The molecule has 4 aromatic rings. The monoisotopic (exact) mass is 654 g/mol. The third kappa shape index (κ3) is 7.02. The molecule has 2 heterocycles. The van der Waals surface area contributed by atoms with Crippen LogP contribution in [0.2, 0.25) is 0 Å². The maximum absolute atomic E-state index is 10.4. The average Bonchev–Trinajstić information content (AvgIpc) is 3.08. The van der Waals surface area contributed by atoms with Gasteiger partial charge in [0.2, 0.25) is 0 Å². The summed E-state index contributed by atoms with van der Waals surface area (Å²) < 4.78 is 37.9. The zero-order chi connectivity index (χ0) is 32.9. The first-order chi connectivity index (χ1) is 23.6. The molecule has 1 aliphatic carbocycles. The molecule has 0 saturated carbocycles. The Labute approximate surface area is 280 Å². The molecule has 0 saturated heterocycles. The van der Waals surface area contributed by atoms with Crippen molar-refractivity contribution in [2.45, 2.75) is 45.5 Å². The lowest BCUT2D eigenvalue weighted by Gasteiger charge is -2.25. The van der Waals surface area contributed by atoms with E-state index in [1.807, 2.05) is 42.5 Å². The molecule has 0 aromatic heterocycles. The molecule has 0 fully saturated rings. The fraction of sp³-hybridized carbons (Fsp3) is 0.385. The summed E-state index contributed by atoms with van der Waals surface area (Å²) >= 11 is 0. The van der Waals surface area contributed by atoms with Crippen molar-refractivity contribution in [2.24, 2.45) is 0 Å². The van der Waals surface area contributed by atoms with E-state index in [0.29, 0.717) is 84.3 Å². The van der Waals surface area contributed by atoms with Crippen LogP contribution in [0.3, 0.4) is 0 Å². The van der Waals surface area contributed by atoms with Crippen molar-refractivity contribution in [3.8, 4) is 23.0 Å². The zero-order valence-electron chi connectivity index (χ0n) is 27.1. The fourth-order valence-electron chi connectivity index (χ4n) is 7.03. The molecule has 2 aliphatic heterocycles. The molecule has 0 unspecified atom stereocenters. The summed E-state index contributed by atoms with van der Waals surface area (Å²) in [6.45, 7) is 2.64. The molecule has 12 bridgehead atoms. The number of para-hydroxylation sites is 1. The van der Waals surface area contributed by atoms with Gasteiger partial charge in [-0.15, -0.1) is 0 Å². The van der Waals surface area contributed by atoms with Crippen LogP contribution in [0.1, 0.15) is 61.2 Å². The number of benzene rings is 4. The quantitative estimate of drug-likeness (QED) is 0.260. The van der Waals surface area contributed by atoms with Gasteiger partial charge in [-0.25, -0.2) is 0 Å². The highest BCUT2D eigenvalue weighted by atomic mass is 16.6. The second-order valence-corrected chi connectivity index (χ2v) is 12.4. The van der Waals surface area contributed by atoms with Gasteiger partial charge in [-0.1, -0.05) is 18.2 Å². The zero-order valence-corrected chi connectivity index (χ0v) is 27.1. The maximum atomic E-state index is 10.4. The lowest BCUT2D eigenvalue weighted by Crippen LogP contribution is -2.18. The van der Waals surface area contributed by atoms with Gasteiger partial charge >= 0.3 is 0 Å². The molecule has 3 aliphatic rings. The van der Waals surface area contributed by atoms with E-state index >= 15 is 0 Å². The third-order valence-corrected chi connectivity index (χ3v) is 9.05. The SMILES string of the molecule is OCc1cc2c3c(c1)Cc1cc(CO)cc4c1OCCOCCOc1c(cc(CO)cc1C4)Cc1cccc(c1OCCOCCO3)C2. The van der Waals surface area contributed by atoms with Gasteiger partial charge in [0.25, 0.3) is 0 Å². The fourth-order valence-corrected chi connectivity index (χ4v) is 7.03. The predicted molar refractivity (Wildman–Crippen MR) is 178 cm³/mol. The minimum atomic E-state index is -0.144. The van der Waals surface area contributed by atoms with Gasteiger partial charge in [0.05, 0.1) is 46.2 Å². The smallest absolute Gasteiger partial charge is 0.126 e. The van der Waals surface area contributed by atoms with Crippen LogP contribution in [0.4, 0.5) is 0 Å². The molecule has 48 heavy (non-hydrogen) atoms. The summed E-state index contributed by atoms with van der Waals surface area (Å²) in [4.78, 5) is 0. The number of aliphatic hydroxyl groups is 3. The van der Waals surface area contributed by atoms with E-state index < -0.39 is 0 Å². The summed E-state index contributed by atoms with van der Waals surface area (Å²) in [7, 11) is 0. The van der Waals surface area contributed by atoms with Gasteiger partial charge in [-0.05, 0) is 97.6 Å². The highest BCUT2D eigenvalue weighted by Gasteiger charge is 2.24. The van der Waals surface area contributed by atoms with Crippen molar-refractivity contribution >= 4 is 0 Å². The van der Waals surface area contributed by atoms with Crippen molar-refractivity contribution in [3.05, 3.63) is 116 Å². The van der Waals surface area contributed by atoms with Gasteiger partial charge in [0.15, 0.2) is 0 Å². The number of hydrogen-bond donors (Lipinski definition) is 3. The van der Waals surface area contributed by atoms with Crippen LogP contribution in [0.5, 0.6) is 23.0 Å². The molecular weight excluding hydrogens is 612 g/mol. The van der Waals surface area contributed by atoms with Crippen molar-refractivity contribution in [2.75, 3.05) is 52.9 Å². The van der Waals surface area contributed by atoms with Crippen molar-refractivity contribution < 1.29 is 43.7 Å². The Balaban J connectivity index is 1.53. The van der Waals surface area contributed by atoms with Gasteiger partial charge in [0, 0.05) is 25.7 Å². The number of rotatable bonds is 3. The van der Waals surface area contributed by atoms with Gasteiger partial charge in [-0.3, -0.25) is 0 Å². The number of ether oxygens (including phenoxy) is 6. The van der Waals surface area contributed by atoms with E-state index in [0.717, 1.165) is 78.4 Å². The van der Waals surface area contributed by atoms with Gasteiger partial charge < -0.3 is 43.7 Å². The topological polar surface area (TPSA) is 116 Å². The Hall–Kier alpha value is -4.12. The van der Waals surface area contributed by atoms with Crippen LogP contribution >= 0.6 is 0 Å². The Bertz CT molecular complexity index is 1760. The van der Waals surface area contributed by atoms with Crippen molar-refractivity contribution in [1.82, 2.24) is 0 Å². The lowest BCUT2D eigenvalue weighted by atomic mass is 9.89. The largest absolute Gasteiger partial charge is 0.491 e. The predicted octanol–water partition coefficient (Wildman–Crippen LogP) is 4.42. The molecule has 252 valence electrons. The molecule has 0 radical (unpaired) electrons. The second-order valence-electron chi connectivity index (χ2n) is 12.4. The minimum Gasteiger partial charge on any atom is -0.491 e. The van der Waals surface area contributed by atoms with Crippen LogP contribution < -0.4 is 18.9 Å². The van der Waals surface area contributed by atoms with Crippen molar-refractivity contribution in [1.29, 1.82) is 0 Å². The van der Waals surface area contributed by atoms with Crippen LogP contribution in [-0.2, 0) is 55.0 Å². The number of aliphatic hydroxyl groups excluding tert-OH is 3. The molecule has 9 heteroatoms. The van der Waals surface area contributed by atoms with E-state index in [9.17, 15) is 15.3 Å². The molecule has 3 N–H and O–H groups in total. The summed E-state index contributed by atoms with van der Waals surface area (Å²) in [6.07, 6.45) is 1.91. The first-order valence-electron chi connectivity index (χ1n) is 16.7. The molecule has 7 rings (SSSR count). The summed E-state index contributed by atoms with van der Waals surface area (Å²) in [5.41, 5.74) is 9.73. The van der Waals surface area contributed by atoms with E-state index in [4.69, 9.17) is 28.4 Å². The summed E-state index contributed by atoms with van der Waals surface area (Å²) in [5.74, 6) is 2.98. The van der Waals surface area contributed by atoms with E-state index in [1.54, 1.807) is 0 Å². The Morgan fingerprint density at radius 2 is 0.646 bits per heavy atom. The van der Waals surface area contributed by atoms with Crippen LogP contribution in [0.15, 0.2) is 54.6 Å². The van der Waals surface area contributed by atoms with Crippen LogP contribution in [0.25, 0.3) is 0 Å². The Morgan fingerprint density at radius 3 is 0.938 bits per heavy atom. The second kappa shape index (κ2) is 15.0. The third-order valence-electron chi connectivity index (χ3n) is 9.05. The highest BCUT2D eigenvalue weighted by Crippen LogP contribution is 2.40. The van der Waals surface area contributed by atoms with Crippen LogP contribution in [-0.4, -0.2) is 68.2 Å². The summed E-state index contributed by atoms with van der Waals surface area (Å²) in [6, 6.07) is 18.1. The van der Waals surface area contributed by atoms with Crippen molar-refractivity contribution in [3.63, 3.8) is 0 Å². The molecular formula is C39H42O9. The molecule has 0 atom stereocenters. The van der Waals surface area contributed by atoms with E-state index in [1.165, 1.54) is 0 Å². The summed E-state index contributed by atoms with van der Waals surface area (Å²) in [5, 5.41) is 31.2. The Kier molecular flexibility index (Phi) is 10.1. The molecule has 9 nitrogen and oxygen atoms in total. The lowest BCUT2D eigenvalue weighted by molar-refractivity contribution is 0.0744. The van der Waals surface area contributed by atoms with Gasteiger partial charge in [0.1, 0.15) is 49.4 Å². The molecule has 4 aromatic carbocycles. The highest BCUT2D eigenvalue weighted by molar-refractivity contribution is 5.58. The molecule has 0 amide bonds. The van der Waals surface area contributed by atoms with E-state index in [-0.39, 0.29) is 19.8 Å². The van der Waals surface area contributed by atoms with Gasteiger partial charge in [-0.2, -0.15) is 0 Å². The minimum absolute atomic E-state index is 0.125. The standard InChI is InChI=1S/C39H42O9/c40-22-25-12-30-18-28-2-1-3-29-19-31-13-26(23-41)15-33-21-35-17-27(24-42)16-34(39(35)48-11-7-44-6-10-47-38(31)33)20-32(14-25)37(30)46-9-5-43-4-8-45-36(28)29/h1-3,12-17,40-42H,4-11,18-24H2.